The van der Waals surface area contributed by atoms with Crippen molar-refractivity contribution in [3.05, 3.63) is 29.8 Å². The molecule has 0 spiro atoms. The molecule has 5 nitrogen and oxygen atoms in total. The normalized spacial score (nSPS) is 18.7. The number of carbonyl (C=O) groups is 1. The van der Waals surface area contributed by atoms with Crippen LogP contribution in [0.25, 0.3) is 0 Å². The Morgan fingerprint density at radius 1 is 1.50 bits per heavy atom. The van der Waals surface area contributed by atoms with Gasteiger partial charge in [0.2, 0.25) is 0 Å². The molecule has 108 valence electrons. The van der Waals surface area contributed by atoms with E-state index < -0.39 is 0 Å². The van der Waals surface area contributed by atoms with Crippen molar-refractivity contribution in [2.75, 3.05) is 25.0 Å². The van der Waals surface area contributed by atoms with Crippen LogP contribution in [0.2, 0.25) is 0 Å². The zero-order valence-corrected chi connectivity index (χ0v) is 12.1. The lowest BCUT2D eigenvalue weighted by Crippen LogP contribution is -2.46. The predicted octanol–water partition coefficient (Wildman–Crippen LogP) is 2.26. The molecule has 0 aliphatic carbocycles. The summed E-state index contributed by atoms with van der Waals surface area (Å²) in [4.78, 5) is 16.0. The molecule has 1 fully saturated rings. The van der Waals surface area contributed by atoms with E-state index in [4.69, 9.17) is 11.1 Å². The van der Waals surface area contributed by atoms with Crippen LogP contribution in [-0.2, 0) is 0 Å². The predicted molar refractivity (Wildman–Crippen MR) is 81.2 cm³/mol. The van der Waals surface area contributed by atoms with Gasteiger partial charge in [0.1, 0.15) is 5.84 Å². The third kappa shape index (κ3) is 3.10. The lowest BCUT2D eigenvalue weighted by molar-refractivity contribution is 0.177. The fraction of sp³-hybridized carbons (Fsp3) is 0.467. The zero-order valence-electron chi connectivity index (χ0n) is 12.1. The monoisotopic (exact) mass is 274 g/mol. The molecule has 0 bridgehead atoms. The molecule has 0 radical (unpaired) electrons. The van der Waals surface area contributed by atoms with Gasteiger partial charge in [0.05, 0.1) is 0 Å². The van der Waals surface area contributed by atoms with E-state index in [1.54, 1.807) is 24.1 Å². The van der Waals surface area contributed by atoms with Gasteiger partial charge in [-0.1, -0.05) is 19.1 Å². The number of rotatable bonds is 2. The van der Waals surface area contributed by atoms with E-state index in [0.29, 0.717) is 11.5 Å². The molecule has 20 heavy (non-hydrogen) atoms. The number of urea groups is 1. The van der Waals surface area contributed by atoms with E-state index in [-0.39, 0.29) is 11.9 Å². The minimum Gasteiger partial charge on any atom is -0.384 e. The SMILES string of the molecule is CC1CCCN(C(=O)N(C)c2cccc(C(=N)N)c2)C1. The summed E-state index contributed by atoms with van der Waals surface area (Å²) < 4.78 is 0. The first-order chi connectivity index (χ1) is 9.49. The van der Waals surface area contributed by atoms with E-state index >= 15 is 0 Å². The molecule has 2 amide bonds. The van der Waals surface area contributed by atoms with Crippen LogP contribution >= 0.6 is 0 Å². The molecule has 1 saturated heterocycles. The Labute approximate surface area is 119 Å². The van der Waals surface area contributed by atoms with Crippen molar-refractivity contribution in [2.45, 2.75) is 19.8 Å². The fourth-order valence-electron chi connectivity index (χ4n) is 2.57. The number of nitrogens with two attached hydrogens (primary N) is 1. The molecule has 2 rings (SSSR count). The Morgan fingerprint density at radius 2 is 2.25 bits per heavy atom. The number of anilines is 1. The molecule has 1 heterocycles. The average Bonchev–Trinajstić information content (AvgIpc) is 2.45. The summed E-state index contributed by atoms with van der Waals surface area (Å²) in [5, 5.41) is 7.47. The number of hydrogen-bond donors (Lipinski definition) is 2. The standard InChI is InChI=1S/C15H22N4O/c1-11-5-4-8-19(10-11)15(20)18(2)13-7-3-6-12(9-13)14(16)17/h3,6-7,9,11H,4-5,8,10H2,1-2H3,(H3,16,17). The molecule has 1 aromatic rings. The lowest BCUT2D eigenvalue weighted by Gasteiger charge is -2.34. The molecular weight excluding hydrogens is 252 g/mol. The Morgan fingerprint density at radius 3 is 2.90 bits per heavy atom. The molecule has 0 saturated carbocycles. The van der Waals surface area contributed by atoms with Crippen LogP contribution in [0.4, 0.5) is 10.5 Å². The van der Waals surface area contributed by atoms with Crippen LogP contribution in [0.1, 0.15) is 25.3 Å². The molecule has 0 aromatic heterocycles. The quantitative estimate of drug-likeness (QED) is 0.641. The van der Waals surface area contributed by atoms with Gasteiger partial charge in [-0.05, 0) is 30.9 Å². The molecule has 3 N–H and O–H groups in total. The van der Waals surface area contributed by atoms with Crippen molar-refractivity contribution in [1.82, 2.24) is 4.90 Å². The first-order valence-corrected chi connectivity index (χ1v) is 6.96. The lowest BCUT2D eigenvalue weighted by atomic mass is 10.0. The van der Waals surface area contributed by atoms with Gasteiger partial charge in [-0.3, -0.25) is 10.3 Å². The Balaban J connectivity index is 2.13. The van der Waals surface area contributed by atoms with Crippen molar-refractivity contribution < 1.29 is 4.79 Å². The smallest absolute Gasteiger partial charge is 0.324 e. The third-order valence-electron chi connectivity index (χ3n) is 3.76. The molecular formula is C15H22N4O. The molecule has 1 aliphatic heterocycles. The van der Waals surface area contributed by atoms with Crippen LogP contribution < -0.4 is 10.6 Å². The van der Waals surface area contributed by atoms with Gasteiger partial charge in [-0.25, -0.2) is 4.79 Å². The highest BCUT2D eigenvalue weighted by molar-refractivity contribution is 5.98. The number of nitrogens with zero attached hydrogens (tertiary/aromatic N) is 2. The van der Waals surface area contributed by atoms with E-state index in [9.17, 15) is 4.79 Å². The number of likely N-dealkylation sites (tertiary alicyclic amines) is 1. The molecule has 1 aliphatic rings. The van der Waals surface area contributed by atoms with Crippen molar-refractivity contribution >= 4 is 17.6 Å². The van der Waals surface area contributed by atoms with Crippen LogP contribution in [0.3, 0.4) is 0 Å². The van der Waals surface area contributed by atoms with Crippen molar-refractivity contribution in [3.8, 4) is 0 Å². The maximum Gasteiger partial charge on any atom is 0.324 e. The highest BCUT2D eigenvalue weighted by Gasteiger charge is 2.24. The van der Waals surface area contributed by atoms with Gasteiger partial charge in [0, 0.05) is 31.4 Å². The summed E-state index contributed by atoms with van der Waals surface area (Å²) in [6, 6.07) is 7.23. The number of piperidine rings is 1. The van der Waals surface area contributed by atoms with E-state index in [2.05, 4.69) is 6.92 Å². The first kappa shape index (κ1) is 14.4. The number of carbonyl (C=O) groups excluding carboxylic acids is 1. The van der Waals surface area contributed by atoms with E-state index in [0.717, 1.165) is 25.2 Å². The van der Waals surface area contributed by atoms with Gasteiger partial charge in [0.25, 0.3) is 0 Å². The van der Waals surface area contributed by atoms with Gasteiger partial charge in [0.15, 0.2) is 0 Å². The van der Waals surface area contributed by atoms with Gasteiger partial charge in [-0.2, -0.15) is 0 Å². The Hall–Kier alpha value is -2.04. The molecule has 5 heteroatoms. The van der Waals surface area contributed by atoms with Gasteiger partial charge in [-0.15, -0.1) is 0 Å². The maximum absolute atomic E-state index is 12.5. The summed E-state index contributed by atoms with van der Waals surface area (Å²) in [7, 11) is 1.76. The largest absolute Gasteiger partial charge is 0.384 e. The number of benzene rings is 1. The third-order valence-corrected chi connectivity index (χ3v) is 3.76. The molecule has 1 atom stereocenters. The highest BCUT2D eigenvalue weighted by atomic mass is 16.2. The first-order valence-electron chi connectivity index (χ1n) is 6.96. The highest BCUT2D eigenvalue weighted by Crippen LogP contribution is 2.20. The molecule has 1 unspecified atom stereocenters. The topological polar surface area (TPSA) is 73.4 Å². The summed E-state index contributed by atoms with van der Waals surface area (Å²) in [5.41, 5.74) is 6.89. The van der Waals surface area contributed by atoms with Gasteiger partial charge < -0.3 is 10.6 Å². The fourth-order valence-corrected chi connectivity index (χ4v) is 2.57. The summed E-state index contributed by atoms with van der Waals surface area (Å²) in [6.07, 6.45) is 2.25. The number of nitrogen functional groups attached to an aromatic ring is 1. The van der Waals surface area contributed by atoms with Crippen molar-refractivity contribution in [2.24, 2.45) is 11.7 Å². The number of nitrogens with one attached hydrogen (secondary N) is 1. The summed E-state index contributed by atoms with van der Waals surface area (Å²) >= 11 is 0. The van der Waals surface area contributed by atoms with Crippen molar-refractivity contribution in [1.29, 1.82) is 5.41 Å². The molecule has 1 aromatic carbocycles. The van der Waals surface area contributed by atoms with Crippen LogP contribution in [0.5, 0.6) is 0 Å². The summed E-state index contributed by atoms with van der Waals surface area (Å²) in [5.74, 6) is 0.573. The maximum atomic E-state index is 12.5. The minimum absolute atomic E-state index is 0.0113. The summed E-state index contributed by atoms with van der Waals surface area (Å²) in [6.45, 7) is 3.81. The Kier molecular flexibility index (Phi) is 4.27. The number of hydrogen-bond acceptors (Lipinski definition) is 2. The second-order valence-corrected chi connectivity index (χ2v) is 5.50. The Bertz CT molecular complexity index is 514. The van der Waals surface area contributed by atoms with Crippen LogP contribution in [-0.4, -0.2) is 36.9 Å². The number of amides is 2. The van der Waals surface area contributed by atoms with E-state index in [1.807, 2.05) is 17.0 Å². The average molecular weight is 274 g/mol. The van der Waals surface area contributed by atoms with Crippen LogP contribution in [0, 0.1) is 11.3 Å². The van der Waals surface area contributed by atoms with Crippen LogP contribution in [0.15, 0.2) is 24.3 Å². The zero-order chi connectivity index (χ0) is 14.7. The minimum atomic E-state index is 0.0113. The second-order valence-electron chi connectivity index (χ2n) is 5.50. The second kappa shape index (κ2) is 5.94. The van der Waals surface area contributed by atoms with Crippen molar-refractivity contribution in [3.63, 3.8) is 0 Å². The van der Waals surface area contributed by atoms with Gasteiger partial charge >= 0.3 is 6.03 Å². The van der Waals surface area contributed by atoms with E-state index in [1.165, 1.54) is 6.42 Å². The number of amidine groups is 1.